The fourth-order valence-electron chi connectivity index (χ4n) is 1.53. The fourth-order valence-corrected chi connectivity index (χ4v) is 1.53. The van der Waals surface area contributed by atoms with Crippen LogP contribution >= 0.6 is 0 Å². The Labute approximate surface area is 89.7 Å². The maximum atomic E-state index is 9.67. The van der Waals surface area contributed by atoms with Gasteiger partial charge < -0.3 is 15.7 Å². The summed E-state index contributed by atoms with van der Waals surface area (Å²) in [5.74, 6) is 2.15. The first-order chi connectivity index (χ1) is 7.29. The molecule has 82 valence electrons. The number of pyridine rings is 1. The van der Waals surface area contributed by atoms with Crippen LogP contribution < -0.4 is 10.6 Å². The fraction of sp³-hybridized carbons (Fsp3) is 0.545. The van der Waals surface area contributed by atoms with Crippen LogP contribution in [-0.4, -0.2) is 29.8 Å². The molecule has 1 saturated carbocycles. The number of nitrogens with one attached hydrogen (secondary N) is 2. The molecule has 1 aromatic rings. The quantitative estimate of drug-likeness (QED) is 0.681. The number of aliphatic hydroxyl groups is 1. The Kier molecular flexibility index (Phi) is 3.06. The van der Waals surface area contributed by atoms with Gasteiger partial charge in [0, 0.05) is 13.6 Å². The highest BCUT2D eigenvalue weighted by Crippen LogP contribution is 2.32. The topological polar surface area (TPSA) is 57.2 Å². The van der Waals surface area contributed by atoms with E-state index in [1.165, 1.54) is 0 Å². The Hall–Kier alpha value is -1.29. The Balaban J connectivity index is 1.86. The lowest BCUT2D eigenvalue weighted by molar-refractivity contribution is 0.164. The number of nitrogens with zero attached hydrogens (tertiary/aromatic N) is 1. The molecule has 1 aromatic heterocycles. The molecular formula is C11H17N3O. The first kappa shape index (κ1) is 10.2. The summed E-state index contributed by atoms with van der Waals surface area (Å²) < 4.78 is 0. The van der Waals surface area contributed by atoms with Gasteiger partial charge in [-0.1, -0.05) is 6.07 Å². The molecule has 2 rings (SSSR count). The lowest BCUT2D eigenvalue weighted by Gasteiger charge is -2.11. The van der Waals surface area contributed by atoms with E-state index in [0.29, 0.717) is 12.5 Å². The molecule has 1 atom stereocenters. The number of rotatable bonds is 5. The lowest BCUT2D eigenvalue weighted by Crippen LogP contribution is -2.21. The van der Waals surface area contributed by atoms with Gasteiger partial charge in [-0.25, -0.2) is 4.98 Å². The van der Waals surface area contributed by atoms with E-state index in [4.69, 9.17) is 0 Å². The van der Waals surface area contributed by atoms with Crippen molar-refractivity contribution in [1.82, 2.24) is 4.98 Å². The second kappa shape index (κ2) is 4.49. The number of aromatic nitrogens is 1. The van der Waals surface area contributed by atoms with E-state index in [1.54, 1.807) is 0 Å². The third-order valence-corrected chi connectivity index (χ3v) is 2.66. The van der Waals surface area contributed by atoms with E-state index in [0.717, 1.165) is 24.5 Å². The van der Waals surface area contributed by atoms with Gasteiger partial charge in [-0.15, -0.1) is 0 Å². The summed E-state index contributed by atoms with van der Waals surface area (Å²) in [5.41, 5.74) is 0. The summed E-state index contributed by atoms with van der Waals surface area (Å²) in [6.07, 6.45) is 2.09. The summed E-state index contributed by atoms with van der Waals surface area (Å²) >= 11 is 0. The molecule has 1 aliphatic rings. The normalized spacial score (nSPS) is 17.2. The van der Waals surface area contributed by atoms with E-state index in [1.807, 2.05) is 25.2 Å². The average molecular weight is 207 g/mol. The minimum Gasteiger partial charge on any atom is -0.391 e. The van der Waals surface area contributed by atoms with Crippen LogP contribution in [0.15, 0.2) is 18.2 Å². The third kappa shape index (κ3) is 2.83. The molecule has 0 aromatic carbocycles. The van der Waals surface area contributed by atoms with Gasteiger partial charge in [0.2, 0.25) is 0 Å². The molecule has 1 heterocycles. The predicted molar refractivity (Wildman–Crippen MR) is 61.0 cm³/mol. The van der Waals surface area contributed by atoms with E-state index >= 15 is 0 Å². The van der Waals surface area contributed by atoms with Gasteiger partial charge in [-0.3, -0.25) is 0 Å². The van der Waals surface area contributed by atoms with Crippen LogP contribution in [0.5, 0.6) is 0 Å². The molecule has 0 spiro atoms. The number of anilines is 2. The van der Waals surface area contributed by atoms with E-state index in [9.17, 15) is 5.11 Å². The maximum Gasteiger partial charge on any atom is 0.128 e. The van der Waals surface area contributed by atoms with Gasteiger partial charge in [0.25, 0.3) is 0 Å². The Bertz CT molecular complexity index is 325. The first-order valence-electron chi connectivity index (χ1n) is 5.36. The van der Waals surface area contributed by atoms with Crippen molar-refractivity contribution in [1.29, 1.82) is 0 Å². The van der Waals surface area contributed by atoms with Gasteiger partial charge in [0.15, 0.2) is 0 Å². The van der Waals surface area contributed by atoms with Crippen molar-refractivity contribution in [2.24, 2.45) is 5.92 Å². The molecule has 4 nitrogen and oxygen atoms in total. The van der Waals surface area contributed by atoms with Crippen LogP contribution in [0.4, 0.5) is 11.6 Å². The monoisotopic (exact) mass is 207 g/mol. The van der Waals surface area contributed by atoms with Crippen molar-refractivity contribution in [2.75, 3.05) is 24.2 Å². The molecule has 0 bridgehead atoms. The van der Waals surface area contributed by atoms with Crippen LogP contribution in [0.1, 0.15) is 12.8 Å². The minimum atomic E-state index is -0.231. The van der Waals surface area contributed by atoms with Gasteiger partial charge in [-0.2, -0.15) is 0 Å². The zero-order valence-corrected chi connectivity index (χ0v) is 8.90. The van der Waals surface area contributed by atoms with Crippen LogP contribution in [0.3, 0.4) is 0 Å². The standard InChI is InChI=1S/C11H17N3O/c1-12-10-3-2-4-11(14-10)13-7-9(15)8-5-6-8/h2-4,8-9,15H,5-7H2,1H3,(H2,12,13,14). The van der Waals surface area contributed by atoms with Crippen LogP contribution in [0.2, 0.25) is 0 Å². The molecule has 3 N–H and O–H groups in total. The predicted octanol–water partition coefficient (Wildman–Crippen LogP) is 1.31. The van der Waals surface area contributed by atoms with Crippen LogP contribution in [0, 0.1) is 5.92 Å². The highest BCUT2D eigenvalue weighted by atomic mass is 16.3. The van der Waals surface area contributed by atoms with Crippen molar-refractivity contribution < 1.29 is 5.11 Å². The maximum absolute atomic E-state index is 9.67. The van der Waals surface area contributed by atoms with Crippen LogP contribution in [0.25, 0.3) is 0 Å². The summed E-state index contributed by atoms with van der Waals surface area (Å²) in [6.45, 7) is 0.588. The number of hydrogen-bond acceptors (Lipinski definition) is 4. The van der Waals surface area contributed by atoms with Gasteiger partial charge in [0.1, 0.15) is 11.6 Å². The Morgan fingerprint density at radius 3 is 2.87 bits per heavy atom. The minimum absolute atomic E-state index is 0.231. The van der Waals surface area contributed by atoms with E-state index in [2.05, 4.69) is 15.6 Å². The highest BCUT2D eigenvalue weighted by molar-refractivity contribution is 5.44. The lowest BCUT2D eigenvalue weighted by atomic mass is 10.2. The SMILES string of the molecule is CNc1cccc(NCC(O)C2CC2)n1. The molecule has 4 heteroatoms. The van der Waals surface area contributed by atoms with Crippen LogP contribution in [-0.2, 0) is 0 Å². The Morgan fingerprint density at radius 1 is 1.47 bits per heavy atom. The van der Waals surface area contributed by atoms with Crippen molar-refractivity contribution in [3.05, 3.63) is 18.2 Å². The summed E-state index contributed by atoms with van der Waals surface area (Å²) in [7, 11) is 1.84. The van der Waals surface area contributed by atoms with Crippen molar-refractivity contribution in [3.63, 3.8) is 0 Å². The molecule has 0 radical (unpaired) electrons. The zero-order valence-electron chi connectivity index (χ0n) is 8.90. The second-order valence-electron chi connectivity index (χ2n) is 3.94. The average Bonchev–Trinajstić information content (AvgIpc) is 3.10. The molecule has 0 amide bonds. The molecule has 15 heavy (non-hydrogen) atoms. The summed E-state index contributed by atoms with van der Waals surface area (Å²) in [4.78, 5) is 4.31. The molecule has 1 fully saturated rings. The van der Waals surface area contributed by atoms with Crippen molar-refractivity contribution >= 4 is 11.6 Å². The smallest absolute Gasteiger partial charge is 0.128 e. The van der Waals surface area contributed by atoms with Gasteiger partial charge in [-0.05, 0) is 30.9 Å². The number of hydrogen-bond donors (Lipinski definition) is 3. The Morgan fingerprint density at radius 2 is 2.20 bits per heavy atom. The number of aliphatic hydroxyl groups excluding tert-OH is 1. The van der Waals surface area contributed by atoms with Gasteiger partial charge >= 0.3 is 0 Å². The highest BCUT2D eigenvalue weighted by Gasteiger charge is 2.29. The third-order valence-electron chi connectivity index (χ3n) is 2.66. The molecule has 1 unspecified atom stereocenters. The summed E-state index contributed by atoms with van der Waals surface area (Å²) in [5, 5.41) is 15.8. The van der Waals surface area contributed by atoms with Gasteiger partial charge in [0.05, 0.1) is 6.10 Å². The summed E-state index contributed by atoms with van der Waals surface area (Å²) in [6, 6.07) is 5.74. The largest absolute Gasteiger partial charge is 0.391 e. The van der Waals surface area contributed by atoms with E-state index in [-0.39, 0.29) is 6.10 Å². The van der Waals surface area contributed by atoms with Crippen molar-refractivity contribution in [3.8, 4) is 0 Å². The molecular weight excluding hydrogens is 190 g/mol. The molecule has 1 aliphatic carbocycles. The van der Waals surface area contributed by atoms with E-state index < -0.39 is 0 Å². The first-order valence-corrected chi connectivity index (χ1v) is 5.36. The molecule has 0 aliphatic heterocycles. The molecule has 0 saturated heterocycles. The zero-order chi connectivity index (χ0) is 10.7. The van der Waals surface area contributed by atoms with Crippen molar-refractivity contribution in [2.45, 2.75) is 18.9 Å². The second-order valence-corrected chi connectivity index (χ2v) is 3.94.